The molecule has 0 bridgehead atoms. The Labute approximate surface area is 203 Å². The second-order valence-corrected chi connectivity index (χ2v) is 7.79. The zero-order valence-corrected chi connectivity index (χ0v) is 19.3. The number of oxazole rings is 1. The molecule has 4 rings (SSSR count). The third-order valence-corrected chi connectivity index (χ3v) is 5.20. The van der Waals surface area contributed by atoms with E-state index in [0.29, 0.717) is 30.6 Å². The van der Waals surface area contributed by atoms with E-state index in [1.807, 2.05) is 91.9 Å². The van der Waals surface area contributed by atoms with Crippen LogP contribution < -0.4 is 10.2 Å². The number of benzene rings is 3. The van der Waals surface area contributed by atoms with Gasteiger partial charge in [-0.2, -0.15) is 0 Å². The number of hydrogen-bond acceptors (Lipinski definition) is 6. The standard InChI is InChI=1S/C28H26N2O5/c1-20-26(29-28(35-20)23-10-6-3-7-11-23)19-33-24-14-12-21(13-15-24)18-34-30-25(16-17-27(31)32)22-8-4-2-5-9-22/h2-16,30H,17-19H2,1H3,(H,31,32). The third kappa shape index (κ3) is 6.82. The van der Waals surface area contributed by atoms with Gasteiger partial charge in [-0.25, -0.2) is 4.98 Å². The van der Waals surface area contributed by atoms with Crippen molar-refractivity contribution >= 4 is 11.7 Å². The van der Waals surface area contributed by atoms with E-state index in [9.17, 15) is 4.79 Å². The summed E-state index contributed by atoms with van der Waals surface area (Å²) in [7, 11) is 0. The molecule has 0 radical (unpaired) electrons. The first-order chi connectivity index (χ1) is 17.1. The van der Waals surface area contributed by atoms with Crippen LogP contribution >= 0.6 is 0 Å². The van der Waals surface area contributed by atoms with E-state index in [4.69, 9.17) is 19.1 Å². The Kier molecular flexibility index (Phi) is 7.93. The number of carbonyl (C=O) groups is 1. The molecule has 0 fully saturated rings. The van der Waals surface area contributed by atoms with Crippen LogP contribution in [0.25, 0.3) is 17.2 Å². The molecule has 0 saturated heterocycles. The Hall–Kier alpha value is -4.36. The number of hydroxylamine groups is 1. The lowest BCUT2D eigenvalue weighted by Gasteiger charge is -2.12. The number of nitrogens with one attached hydrogen (secondary N) is 1. The van der Waals surface area contributed by atoms with Crippen molar-refractivity contribution in [2.75, 3.05) is 0 Å². The highest BCUT2D eigenvalue weighted by Crippen LogP contribution is 2.23. The lowest BCUT2D eigenvalue weighted by atomic mass is 10.1. The Morgan fingerprint density at radius 1 is 0.971 bits per heavy atom. The summed E-state index contributed by atoms with van der Waals surface area (Å²) in [6.45, 7) is 2.47. The van der Waals surface area contributed by atoms with Crippen molar-refractivity contribution in [1.29, 1.82) is 0 Å². The van der Waals surface area contributed by atoms with Gasteiger partial charge in [-0.1, -0.05) is 60.7 Å². The van der Waals surface area contributed by atoms with Crippen LogP contribution in [-0.4, -0.2) is 16.1 Å². The maximum absolute atomic E-state index is 11.0. The van der Waals surface area contributed by atoms with E-state index in [2.05, 4.69) is 10.5 Å². The van der Waals surface area contributed by atoms with E-state index in [-0.39, 0.29) is 6.42 Å². The predicted molar refractivity (Wildman–Crippen MR) is 132 cm³/mol. The molecule has 1 aromatic heterocycles. The van der Waals surface area contributed by atoms with Crippen LogP contribution in [0.3, 0.4) is 0 Å². The number of rotatable bonds is 11. The average Bonchev–Trinajstić information content (AvgIpc) is 3.27. The summed E-state index contributed by atoms with van der Waals surface area (Å²) in [5.74, 6) is 1.10. The molecule has 0 aliphatic heterocycles. The summed E-state index contributed by atoms with van der Waals surface area (Å²) >= 11 is 0. The Bertz CT molecular complexity index is 1270. The highest BCUT2D eigenvalue weighted by molar-refractivity contribution is 5.73. The van der Waals surface area contributed by atoms with Gasteiger partial charge in [0.25, 0.3) is 0 Å². The predicted octanol–water partition coefficient (Wildman–Crippen LogP) is 5.77. The van der Waals surface area contributed by atoms with Crippen molar-refractivity contribution in [3.63, 3.8) is 0 Å². The van der Waals surface area contributed by atoms with Crippen LogP contribution in [0.5, 0.6) is 5.75 Å². The third-order valence-electron chi connectivity index (χ3n) is 5.20. The molecule has 2 N–H and O–H groups in total. The monoisotopic (exact) mass is 470 g/mol. The molecule has 4 aromatic rings. The van der Waals surface area contributed by atoms with Gasteiger partial charge in [0.05, 0.1) is 18.7 Å². The van der Waals surface area contributed by atoms with E-state index in [0.717, 1.165) is 28.1 Å². The fourth-order valence-corrected chi connectivity index (χ4v) is 3.32. The topological polar surface area (TPSA) is 93.8 Å². The van der Waals surface area contributed by atoms with Crippen molar-refractivity contribution in [1.82, 2.24) is 10.5 Å². The quantitative estimate of drug-likeness (QED) is 0.269. The van der Waals surface area contributed by atoms with Gasteiger partial charge in [-0.05, 0) is 48.4 Å². The maximum atomic E-state index is 11.0. The number of hydrogen-bond donors (Lipinski definition) is 2. The maximum Gasteiger partial charge on any atom is 0.307 e. The molecule has 7 nitrogen and oxygen atoms in total. The van der Waals surface area contributed by atoms with Crippen molar-refractivity contribution in [3.05, 3.63) is 114 Å². The van der Waals surface area contributed by atoms with Crippen molar-refractivity contribution < 1.29 is 23.9 Å². The summed E-state index contributed by atoms with van der Waals surface area (Å²) < 4.78 is 11.7. The van der Waals surface area contributed by atoms with Crippen molar-refractivity contribution in [2.45, 2.75) is 26.6 Å². The highest BCUT2D eigenvalue weighted by atomic mass is 16.6. The van der Waals surface area contributed by atoms with Gasteiger partial charge in [0, 0.05) is 5.56 Å². The zero-order chi connectivity index (χ0) is 24.5. The summed E-state index contributed by atoms with van der Waals surface area (Å²) in [4.78, 5) is 21.1. The lowest BCUT2D eigenvalue weighted by molar-refractivity contribution is -0.136. The Balaban J connectivity index is 1.30. The average molecular weight is 471 g/mol. The minimum Gasteiger partial charge on any atom is -0.487 e. The zero-order valence-electron chi connectivity index (χ0n) is 19.3. The molecule has 0 spiro atoms. The number of nitrogens with zero attached hydrogens (tertiary/aromatic N) is 1. The van der Waals surface area contributed by atoms with Gasteiger partial charge >= 0.3 is 5.97 Å². The fraction of sp³-hybridized carbons (Fsp3) is 0.143. The van der Waals surface area contributed by atoms with Crippen LogP contribution in [0, 0.1) is 6.92 Å². The molecule has 0 unspecified atom stereocenters. The first kappa shape index (κ1) is 23.8. The molecular formula is C28H26N2O5. The minimum absolute atomic E-state index is 0.107. The number of ether oxygens (including phenoxy) is 1. The summed E-state index contributed by atoms with van der Waals surface area (Å²) in [6, 6.07) is 26.7. The van der Waals surface area contributed by atoms with E-state index >= 15 is 0 Å². The molecule has 7 heteroatoms. The molecule has 0 atom stereocenters. The second-order valence-electron chi connectivity index (χ2n) is 7.79. The summed E-state index contributed by atoms with van der Waals surface area (Å²) in [5, 5.41) is 8.99. The van der Waals surface area contributed by atoms with Crippen LogP contribution in [0.1, 0.15) is 29.0 Å². The lowest BCUT2D eigenvalue weighted by Crippen LogP contribution is -2.13. The number of aryl methyl sites for hydroxylation is 1. The largest absolute Gasteiger partial charge is 0.487 e. The molecule has 0 aliphatic rings. The minimum atomic E-state index is -0.909. The molecular weight excluding hydrogens is 444 g/mol. The van der Waals surface area contributed by atoms with Crippen LogP contribution in [0.15, 0.2) is 95.4 Å². The van der Waals surface area contributed by atoms with E-state index < -0.39 is 5.97 Å². The summed E-state index contributed by atoms with van der Waals surface area (Å²) in [6.07, 6.45) is 1.48. The van der Waals surface area contributed by atoms with Gasteiger partial charge in [0.2, 0.25) is 5.89 Å². The smallest absolute Gasteiger partial charge is 0.307 e. The molecule has 0 saturated carbocycles. The van der Waals surface area contributed by atoms with Crippen LogP contribution in [0.4, 0.5) is 0 Å². The van der Waals surface area contributed by atoms with Crippen molar-refractivity contribution in [2.24, 2.45) is 0 Å². The van der Waals surface area contributed by atoms with Gasteiger partial charge in [0.15, 0.2) is 0 Å². The van der Waals surface area contributed by atoms with Gasteiger partial charge in [0.1, 0.15) is 23.8 Å². The van der Waals surface area contributed by atoms with Gasteiger partial charge in [-0.15, -0.1) is 0 Å². The van der Waals surface area contributed by atoms with Gasteiger partial charge < -0.3 is 14.3 Å². The molecule has 35 heavy (non-hydrogen) atoms. The van der Waals surface area contributed by atoms with Crippen LogP contribution in [0.2, 0.25) is 0 Å². The Morgan fingerprint density at radius 2 is 1.66 bits per heavy atom. The van der Waals surface area contributed by atoms with Crippen molar-refractivity contribution in [3.8, 4) is 17.2 Å². The number of carboxylic acid groups (broad SMARTS) is 1. The summed E-state index contributed by atoms with van der Waals surface area (Å²) in [5.41, 5.74) is 6.92. The normalized spacial score (nSPS) is 11.3. The molecule has 0 amide bonds. The van der Waals surface area contributed by atoms with E-state index in [1.54, 1.807) is 6.08 Å². The van der Waals surface area contributed by atoms with Crippen LogP contribution in [-0.2, 0) is 22.8 Å². The molecule has 1 heterocycles. The second kappa shape index (κ2) is 11.7. The first-order valence-electron chi connectivity index (χ1n) is 11.2. The van der Waals surface area contributed by atoms with E-state index in [1.165, 1.54) is 0 Å². The fourth-order valence-electron chi connectivity index (χ4n) is 3.32. The number of aromatic nitrogens is 1. The number of aliphatic carboxylic acids is 1. The molecule has 0 aliphatic carbocycles. The molecule has 178 valence electrons. The SMILES string of the molecule is Cc1oc(-c2ccccc2)nc1COc1ccc(CONC(=CCC(=O)O)c2ccccc2)cc1. The molecule has 3 aromatic carbocycles. The first-order valence-corrected chi connectivity index (χ1v) is 11.2. The highest BCUT2D eigenvalue weighted by Gasteiger charge is 2.12. The van der Waals surface area contributed by atoms with Gasteiger partial charge in [-0.3, -0.25) is 15.1 Å². The number of carboxylic acids is 1. The Morgan fingerprint density at radius 3 is 2.34 bits per heavy atom.